The molecule has 0 radical (unpaired) electrons. The first-order chi connectivity index (χ1) is 9.06. The van der Waals surface area contributed by atoms with E-state index in [-0.39, 0.29) is 10.9 Å². The Balaban J connectivity index is 2.17. The molecule has 0 fully saturated rings. The van der Waals surface area contributed by atoms with Crippen molar-refractivity contribution < 1.29 is 8.78 Å². The van der Waals surface area contributed by atoms with E-state index in [2.05, 4.69) is 5.32 Å². The number of hydrogen-bond acceptors (Lipinski definition) is 3. The summed E-state index contributed by atoms with van der Waals surface area (Å²) in [6.45, 7) is 4.46. The van der Waals surface area contributed by atoms with E-state index in [4.69, 9.17) is 0 Å². The smallest absolute Gasteiger partial charge is 0.140 e. The first-order valence-corrected chi connectivity index (χ1v) is 7.68. The molecule has 0 atom stereocenters. The zero-order chi connectivity index (χ0) is 13.8. The lowest BCUT2D eigenvalue weighted by Gasteiger charge is -2.10. The molecule has 0 bridgehead atoms. The largest absolute Gasteiger partial charge is 0.310 e. The molecule has 0 amide bonds. The van der Waals surface area contributed by atoms with Crippen molar-refractivity contribution in [3.63, 3.8) is 0 Å². The van der Waals surface area contributed by atoms with Gasteiger partial charge in [-0.05, 0) is 29.1 Å². The van der Waals surface area contributed by atoms with Crippen molar-refractivity contribution in [3.8, 4) is 0 Å². The van der Waals surface area contributed by atoms with Gasteiger partial charge in [-0.2, -0.15) is 0 Å². The lowest BCUT2D eigenvalue weighted by Crippen LogP contribution is -2.22. The van der Waals surface area contributed by atoms with E-state index in [1.54, 1.807) is 0 Å². The molecule has 0 unspecified atom stereocenters. The molecule has 2 rings (SSSR count). The van der Waals surface area contributed by atoms with Gasteiger partial charge in [-0.3, -0.25) is 0 Å². The van der Waals surface area contributed by atoms with Gasteiger partial charge >= 0.3 is 0 Å². The van der Waals surface area contributed by atoms with Gasteiger partial charge in [0.2, 0.25) is 0 Å². The fourth-order valence-corrected chi connectivity index (χ4v) is 3.27. The number of thiophene rings is 1. The number of hydrogen-bond donors (Lipinski definition) is 1. The molecule has 0 aliphatic carbocycles. The summed E-state index contributed by atoms with van der Waals surface area (Å²) in [5, 5.41) is 5.03. The summed E-state index contributed by atoms with van der Waals surface area (Å²) in [4.78, 5) is 0.0655. The second kappa shape index (κ2) is 6.50. The third-order valence-electron chi connectivity index (χ3n) is 2.47. The SMILES string of the molecule is CC(C)NCc1cc(F)c(Sc2cccs2)c(F)c1. The monoisotopic (exact) mass is 299 g/mol. The van der Waals surface area contributed by atoms with Crippen LogP contribution in [-0.4, -0.2) is 6.04 Å². The molecule has 0 aliphatic heterocycles. The first-order valence-electron chi connectivity index (χ1n) is 5.99. The maximum atomic E-state index is 13.9. The molecule has 1 N–H and O–H groups in total. The van der Waals surface area contributed by atoms with E-state index in [1.165, 1.54) is 23.5 Å². The van der Waals surface area contributed by atoms with Crippen LogP contribution in [0.4, 0.5) is 8.78 Å². The average molecular weight is 299 g/mol. The van der Waals surface area contributed by atoms with Crippen LogP contribution in [0.5, 0.6) is 0 Å². The van der Waals surface area contributed by atoms with E-state index in [9.17, 15) is 8.78 Å². The van der Waals surface area contributed by atoms with Crippen LogP contribution in [0.3, 0.4) is 0 Å². The van der Waals surface area contributed by atoms with Crippen LogP contribution in [0.15, 0.2) is 38.8 Å². The van der Waals surface area contributed by atoms with Crippen LogP contribution >= 0.6 is 23.1 Å². The highest BCUT2D eigenvalue weighted by atomic mass is 32.2. The number of nitrogens with one attached hydrogen (secondary N) is 1. The first kappa shape index (κ1) is 14.5. The van der Waals surface area contributed by atoms with Crippen molar-refractivity contribution in [3.05, 3.63) is 46.8 Å². The number of benzene rings is 1. The Morgan fingerprint density at radius 2 is 1.95 bits per heavy atom. The fourth-order valence-electron chi connectivity index (χ4n) is 1.56. The molecule has 0 aliphatic rings. The van der Waals surface area contributed by atoms with Crippen molar-refractivity contribution >= 4 is 23.1 Å². The van der Waals surface area contributed by atoms with Crippen molar-refractivity contribution in [2.75, 3.05) is 0 Å². The average Bonchev–Trinajstić information content (AvgIpc) is 2.84. The van der Waals surface area contributed by atoms with Gasteiger partial charge in [-0.15, -0.1) is 11.3 Å². The minimum Gasteiger partial charge on any atom is -0.310 e. The van der Waals surface area contributed by atoms with Gasteiger partial charge in [0.05, 0.1) is 9.10 Å². The molecule has 1 aromatic carbocycles. The van der Waals surface area contributed by atoms with Crippen molar-refractivity contribution in [1.82, 2.24) is 5.32 Å². The third-order valence-corrected chi connectivity index (χ3v) is 4.60. The van der Waals surface area contributed by atoms with Gasteiger partial charge in [-0.1, -0.05) is 31.7 Å². The standard InChI is InChI=1S/C14H15F2NS2/c1-9(2)17-8-10-6-11(15)14(12(16)7-10)19-13-4-3-5-18-13/h3-7,9,17H,8H2,1-2H3. The highest BCUT2D eigenvalue weighted by Gasteiger charge is 2.13. The number of rotatable bonds is 5. The van der Waals surface area contributed by atoms with Gasteiger partial charge in [-0.25, -0.2) is 8.78 Å². The Kier molecular flexibility index (Phi) is 4.96. The topological polar surface area (TPSA) is 12.0 Å². The lowest BCUT2D eigenvalue weighted by molar-refractivity contribution is 0.529. The molecular formula is C14H15F2NS2. The maximum Gasteiger partial charge on any atom is 0.140 e. The van der Waals surface area contributed by atoms with Crippen LogP contribution in [0.25, 0.3) is 0 Å². The molecule has 0 saturated heterocycles. The van der Waals surface area contributed by atoms with E-state index >= 15 is 0 Å². The van der Waals surface area contributed by atoms with Crippen LogP contribution in [0.1, 0.15) is 19.4 Å². The van der Waals surface area contributed by atoms with Crippen LogP contribution < -0.4 is 5.32 Å². The maximum absolute atomic E-state index is 13.9. The summed E-state index contributed by atoms with van der Waals surface area (Å²) in [5.41, 5.74) is 0.624. The van der Waals surface area contributed by atoms with Gasteiger partial charge in [0.1, 0.15) is 11.6 Å². The molecule has 5 heteroatoms. The van der Waals surface area contributed by atoms with E-state index in [0.717, 1.165) is 16.0 Å². The van der Waals surface area contributed by atoms with Crippen LogP contribution in [0.2, 0.25) is 0 Å². The summed E-state index contributed by atoms with van der Waals surface area (Å²) in [6, 6.07) is 6.79. The minimum absolute atomic E-state index is 0.0655. The summed E-state index contributed by atoms with van der Waals surface area (Å²) >= 11 is 2.60. The minimum atomic E-state index is -0.501. The Labute approximate surface area is 120 Å². The molecule has 1 nitrogen and oxygen atoms in total. The fraction of sp³-hybridized carbons (Fsp3) is 0.286. The van der Waals surface area contributed by atoms with Gasteiger partial charge < -0.3 is 5.32 Å². The molecule has 102 valence electrons. The highest BCUT2D eigenvalue weighted by Crippen LogP contribution is 2.35. The summed E-state index contributed by atoms with van der Waals surface area (Å²) in [5.74, 6) is -1.00. The lowest BCUT2D eigenvalue weighted by atomic mass is 10.2. The van der Waals surface area contributed by atoms with Gasteiger partial charge in [0, 0.05) is 12.6 Å². The Morgan fingerprint density at radius 3 is 2.47 bits per heavy atom. The number of halogens is 2. The molecule has 0 spiro atoms. The molecule has 1 aromatic heterocycles. The molecule has 0 saturated carbocycles. The van der Waals surface area contributed by atoms with Crippen LogP contribution in [-0.2, 0) is 6.54 Å². The van der Waals surface area contributed by atoms with E-state index in [0.29, 0.717) is 12.1 Å². The molecule has 19 heavy (non-hydrogen) atoms. The van der Waals surface area contributed by atoms with Crippen molar-refractivity contribution in [2.45, 2.75) is 35.5 Å². The Morgan fingerprint density at radius 1 is 1.26 bits per heavy atom. The molecule has 1 heterocycles. The second-order valence-corrected chi connectivity index (χ2v) is 6.72. The second-order valence-electron chi connectivity index (χ2n) is 4.46. The predicted molar refractivity (Wildman–Crippen MR) is 76.8 cm³/mol. The summed E-state index contributed by atoms with van der Waals surface area (Å²) in [6.07, 6.45) is 0. The molecule has 2 aromatic rings. The third kappa shape index (κ3) is 4.03. The normalized spacial score (nSPS) is 11.2. The zero-order valence-electron chi connectivity index (χ0n) is 10.7. The highest BCUT2D eigenvalue weighted by molar-refractivity contribution is 8.01. The Bertz CT molecular complexity index is 515. The zero-order valence-corrected chi connectivity index (χ0v) is 12.4. The van der Waals surface area contributed by atoms with Gasteiger partial charge in [0.15, 0.2) is 0 Å². The predicted octanol–water partition coefficient (Wildman–Crippen LogP) is 4.68. The van der Waals surface area contributed by atoms with E-state index in [1.807, 2.05) is 31.4 Å². The van der Waals surface area contributed by atoms with E-state index < -0.39 is 11.6 Å². The quantitative estimate of drug-likeness (QED) is 0.860. The van der Waals surface area contributed by atoms with Crippen molar-refractivity contribution in [2.24, 2.45) is 0 Å². The van der Waals surface area contributed by atoms with Gasteiger partial charge in [0.25, 0.3) is 0 Å². The summed E-state index contributed by atoms with van der Waals surface area (Å²) in [7, 11) is 0. The summed E-state index contributed by atoms with van der Waals surface area (Å²) < 4.78 is 28.8. The molecular weight excluding hydrogens is 284 g/mol. The Hall–Kier alpha value is -0.910. The van der Waals surface area contributed by atoms with Crippen molar-refractivity contribution in [1.29, 1.82) is 0 Å². The van der Waals surface area contributed by atoms with Crippen LogP contribution in [0, 0.1) is 11.6 Å².